The van der Waals surface area contributed by atoms with Crippen molar-refractivity contribution in [3.05, 3.63) is 23.9 Å². The third-order valence-electron chi connectivity index (χ3n) is 3.62. The van der Waals surface area contributed by atoms with E-state index in [1.165, 1.54) is 4.31 Å². The predicted octanol–water partition coefficient (Wildman–Crippen LogP) is 1.86. The Morgan fingerprint density at radius 1 is 1.35 bits per heavy atom. The highest BCUT2D eigenvalue weighted by atomic mass is 32.2. The fourth-order valence-corrected chi connectivity index (χ4v) is 3.23. The average molecular weight is 299 g/mol. The minimum atomic E-state index is -3.55. The largest absolute Gasteiger partial charge is 0.316 e. The van der Waals surface area contributed by atoms with E-state index in [1.807, 2.05) is 34.7 Å². The molecule has 5 nitrogen and oxygen atoms in total. The first-order valence-electron chi connectivity index (χ1n) is 6.68. The lowest BCUT2D eigenvalue weighted by Gasteiger charge is -2.34. The normalized spacial score (nSPS) is 14.6. The molecule has 114 valence electrons. The van der Waals surface area contributed by atoms with Crippen molar-refractivity contribution < 1.29 is 8.42 Å². The molecule has 1 rings (SSSR count). The van der Waals surface area contributed by atoms with Gasteiger partial charge in [-0.25, -0.2) is 13.4 Å². The van der Waals surface area contributed by atoms with Crippen LogP contribution in [0.1, 0.15) is 33.3 Å². The van der Waals surface area contributed by atoms with Crippen molar-refractivity contribution in [3.63, 3.8) is 0 Å². The summed E-state index contributed by atoms with van der Waals surface area (Å²) in [6.07, 6.45) is 1.60. The third kappa shape index (κ3) is 3.77. The van der Waals surface area contributed by atoms with Gasteiger partial charge < -0.3 is 5.32 Å². The fraction of sp³-hybridized carbons (Fsp3) is 0.643. The van der Waals surface area contributed by atoms with Crippen molar-refractivity contribution >= 4 is 10.0 Å². The molecular weight excluding hydrogens is 274 g/mol. The van der Waals surface area contributed by atoms with Crippen molar-refractivity contribution in [3.8, 4) is 0 Å². The monoisotopic (exact) mass is 299 g/mol. The van der Waals surface area contributed by atoms with E-state index in [0.717, 1.165) is 5.56 Å². The molecule has 1 atom stereocenters. The van der Waals surface area contributed by atoms with Gasteiger partial charge in [-0.1, -0.05) is 26.8 Å². The Hall–Kier alpha value is -0.980. The van der Waals surface area contributed by atoms with E-state index >= 15 is 0 Å². The lowest BCUT2D eigenvalue weighted by Crippen LogP contribution is -2.43. The summed E-state index contributed by atoms with van der Waals surface area (Å²) in [5.41, 5.74) is 0.825. The van der Waals surface area contributed by atoms with E-state index in [9.17, 15) is 8.42 Å². The highest BCUT2D eigenvalue weighted by Crippen LogP contribution is 2.26. The predicted molar refractivity (Wildman–Crippen MR) is 80.9 cm³/mol. The fourth-order valence-electron chi connectivity index (χ4n) is 1.77. The number of sulfonamides is 1. The molecule has 0 radical (unpaired) electrons. The van der Waals surface area contributed by atoms with Gasteiger partial charge in [0.05, 0.1) is 0 Å². The SMILES string of the molecule is CNCc1ccc(S(=O)(=O)N(C)C(C)C(C)(C)C)nc1. The van der Waals surface area contributed by atoms with Gasteiger partial charge in [-0.2, -0.15) is 4.31 Å². The van der Waals surface area contributed by atoms with Crippen molar-refractivity contribution in [2.45, 2.75) is 45.3 Å². The van der Waals surface area contributed by atoms with Crippen molar-refractivity contribution in [1.29, 1.82) is 0 Å². The van der Waals surface area contributed by atoms with Crippen LogP contribution in [0.2, 0.25) is 0 Å². The topological polar surface area (TPSA) is 62.3 Å². The lowest BCUT2D eigenvalue weighted by molar-refractivity contribution is 0.216. The second kappa shape index (κ2) is 6.20. The number of nitrogens with zero attached hydrogens (tertiary/aromatic N) is 2. The summed E-state index contributed by atoms with van der Waals surface area (Å²) >= 11 is 0. The van der Waals surface area contributed by atoms with Crippen LogP contribution in [0, 0.1) is 5.41 Å². The number of rotatable bonds is 5. The zero-order chi connectivity index (χ0) is 15.6. The minimum absolute atomic E-state index is 0.0935. The van der Waals surface area contributed by atoms with Gasteiger partial charge in [0.1, 0.15) is 0 Å². The van der Waals surface area contributed by atoms with E-state index < -0.39 is 10.0 Å². The van der Waals surface area contributed by atoms with Crippen LogP contribution < -0.4 is 5.32 Å². The molecule has 0 aliphatic heterocycles. The Morgan fingerprint density at radius 2 is 1.95 bits per heavy atom. The zero-order valence-electron chi connectivity index (χ0n) is 13.1. The molecule has 1 aromatic rings. The molecule has 1 N–H and O–H groups in total. The maximum absolute atomic E-state index is 12.5. The Kier molecular flexibility index (Phi) is 5.29. The molecule has 20 heavy (non-hydrogen) atoms. The van der Waals surface area contributed by atoms with Crippen LogP contribution in [-0.2, 0) is 16.6 Å². The lowest BCUT2D eigenvalue weighted by atomic mass is 9.88. The smallest absolute Gasteiger partial charge is 0.260 e. The number of hydrogen-bond donors (Lipinski definition) is 1. The second-order valence-electron chi connectivity index (χ2n) is 6.10. The van der Waals surface area contributed by atoms with Crippen molar-refractivity contribution in [2.24, 2.45) is 5.41 Å². The molecule has 1 aromatic heterocycles. The molecule has 0 aliphatic carbocycles. The van der Waals surface area contributed by atoms with Gasteiger partial charge >= 0.3 is 0 Å². The third-order valence-corrected chi connectivity index (χ3v) is 5.47. The molecule has 0 amide bonds. The Labute approximate surface area is 122 Å². The number of aromatic nitrogens is 1. The average Bonchev–Trinajstić information content (AvgIpc) is 2.37. The van der Waals surface area contributed by atoms with Gasteiger partial charge in [-0.15, -0.1) is 0 Å². The van der Waals surface area contributed by atoms with Crippen LogP contribution in [0.25, 0.3) is 0 Å². The van der Waals surface area contributed by atoms with Crippen molar-refractivity contribution in [2.75, 3.05) is 14.1 Å². The summed E-state index contributed by atoms with van der Waals surface area (Å²) in [5, 5.41) is 3.10. The van der Waals surface area contributed by atoms with Gasteiger partial charge in [-0.05, 0) is 31.0 Å². The number of hydrogen-bond acceptors (Lipinski definition) is 4. The quantitative estimate of drug-likeness (QED) is 0.901. The van der Waals surface area contributed by atoms with Gasteiger partial charge in [0.15, 0.2) is 5.03 Å². The summed E-state index contributed by atoms with van der Waals surface area (Å²) in [6.45, 7) is 8.64. The summed E-state index contributed by atoms with van der Waals surface area (Å²) in [6, 6.07) is 3.23. The highest BCUT2D eigenvalue weighted by molar-refractivity contribution is 7.89. The van der Waals surface area contributed by atoms with E-state index in [2.05, 4.69) is 10.3 Å². The second-order valence-corrected chi connectivity index (χ2v) is 8.04. The molecule has 0 spiro atoms. The Balaban J connectivity index is 3.04. The van der Waals surface area contributed by atoms with Crippen LogP contribution in [-0.4, -0.2) is 37.8 Å². The van der Waals surface area contributed by atoms with Crippen molar-refractivity contribution in [1.82, 2.24) is 14.6 Å². The number of nitrogens with one attached hydrogen (secondary N) is 1. The maximum Gasteiger partial charge on any atom is 0.260 e. The van der Waals surface area contributed by atoms with Gasteiger partial charge in [0.25, 0.3) is 10.0 Å². The molecule has 0 aromatic carbocycles. The van der Waals surface area contributed by atoms with Crippen LogP contribution in [0.15, 0.2) is 23.4 Å². The summed E-state index contributed by atoms with van der Waals surface area (Å²) in [4.78, 5) is 4.08. The summed E-state index contributed by atoms with van der Waals surface area (Å²) < 4.78 is 26.5. The molecular formula is C14H25N3O2S. The highest BCUT2D eigenvalue weighted by Gasteiger charge is 2.33. The standard InChI is InChI=1S/C14H25N3O2S/c1-11(14(2,3)4)17(6)20(18,19)13-8-7-12(9-15-5)10-16-13/h7-8,10-11,15H,9H2,1-6H3. The summed E-state index contributed by atoms with van der Waals surface area (Å²) in [5.74, 6) is 0. The van der Waals surface area contributed by atoms with Crippen LogP contribution in [0.3, 0.4) is 0 Å². The molecule has 1 unspecified atom stereocenters. The Bertz CT molecular complexity index is 533. The van der Waals surface area contributed by atoms with Gasteiger partial charge in [0.2, 0.25) is 0 Å². The van der Waals surface area contributed by atoms with E-state index in [0.29, 0.717) is 6.54 Å². The van der Waals surface area contributed by atoms with Gasteiger partial charge in [0, 0.05) is 25.8 Å². The first-order chi connectivity index (χ1) is 9.10. The molecule has 0 fully saturated rings. The maximum atomic E-state index is 12.5. The summed E-state index contributed by atoms with van der Waals surface area (Å²) in [7, 11) is -0.109. The number of pyridine rings is 1. The minimum Gasteiger partial charge on any atom is -0.316 e. The van der Waals surface area contributed by atoms with Crippen LogP contribution >= 0.6 is 0 Å². The molecule has 6 heteroatoms. The molecule has 0 aliphatic rings. The van der Waals surface area contributed by atoms with Crippen LogP contribution in [0.4, 0.5) is 0 Å². The molecule has 0 bridgehead atoms. The van der Waals surface area contributed by atoms with Crippen LogP contribution in [0.5, 0.6) is 0 Å². The molecule has 0 saturated heterocycles. The Morgan fingerprint density at radius 3 is 2.35 bits per heavy atom. The van der Waals surface area contributed by atoms with E-state index in [4.69, 9.17) is 0 Å². The molecule has 0 saturated carbocycles. The van der Waals surface area contributed by atoms with E-state index in [-0.39, 0.29) is 16.5 Å². The first-order valence-corrected chi connectivity index (χ1v) is 8.12. The van der Waals surface area contributed by atoms with Gasteiger partial charge in [-0.3, -0.25) is 0 Å². The zero-order valence-corrected chi connectivity index (χ0v) is 14.0. The first kappa shape index (κ1) is 17.1. The molecule has 1 heterocycles. The van der Waals surface area contributed by atoms with E-state index in [1.54, 1.807) is 25.4 Å².